The fraction of sp³-hybridized carbons (Fsp3) is 0.522. The summed E-state index contributed by atoms with van der Waals surface area (Å²) in [5, 5.41) is 0.600. The summed E-state index contributed by atoms with van der Waals surface area (Å²) in [6.45, 7) is 8.94. The van der Waals surface area contributed by atoms with Gasteiger partial charge in [-0.15, -0.1) is 0 Å². The van der Waals surface area contributed by atoms with Crippen LogP contribution in [0, 0.1) is 6.92 Å². The van der Waals surface area contributed by atoms with Crippen LogP contribution in [-0.2, 0) is 16.0 Å². The van der Waals surface area contributed by atoms with Gasteiger partial charge in [0.1, 0.15) is 0 Å². The molecule has 5 nitrogen and oxygen atoms in total. The van der Waals surface area contributed by atoms with Crippen LogP contribution in [0.25, 0.3) is 0 Å². The minimum Gasteiger partial charge on any atom is -0.376 e. The quantitative estimate of drug-likeness (QED) is 0.575. The number of Topliss-reactive ketones (excluding diaryl/α,β-unsaturated/α-hetero) is 1. The fourth-order valence-corrected chi connectivity index (χ4v) is 4.55. The van der Waals surface area contributed by atoms with E-state index in [-0.39, 0.29) is 17.8 Å². The number of carbonyl (C=O) groups excluding carboxylic acids is 2. The van der Waals surface area contributed by atoms with Gasteiger partial charge in [0.05, 0.1) is 23.2 Å². The standard InChI is InChI=1S/C23H30N2O3S/c1-15(2)19-10-7-18(8-11-19)9-12-21(27)25(14-20-6-5-13-28-20)23-24-16(3)22(29-23)17(4)26/h7-8,10-11,15,20H,5-6,9,12-14H2,1-4H3. The van der Waals surface area contributed by atoms with E-state index in [1.165, 1.54) is 23.8 Å². The number of hydrogen-bond donors (Lipinski definition) is 0. The Morgan fingerprint density at radius 1 is 1.28 bits per heavy atom. The monoisotopic (exact) mass is 414 g/mol. The molecule has 0 spiro atoms. The van der Waals surface area contributed by atoms with Crippen molar-refractivity contribution in [3.8, 4) is 0 Å². The number of ether oxygens (including phenoxy) is 1. The summed E-state index contributed by atoms with van der Waals surface area (Å²) in [6, 6.07) is 8.48. The van der Waals surface area contributed by atoms with Crippen LogP contribution < -0.4 is 4.90 Å². The molecule has 0 bridgehead atoms. The molecule has 0 radical (unpaired) electrons. The normalized spacial score (nSPS) is 16.4. The van der Waals surface area contributed by atoms with E-state index in [0.717, 1.165) is 25.0 Å². The Morgan fingerprint density at radius 2 is 2.00 bits per heavy atom. The number of hydrogen-bond acceptors (Lipinski definition) is 5. The zero-order valence-corrected chi connectivity index (χ0v) is 18.6. The molecule has 0 N–H and O–H groups in total. The van der Waals surface area contributed by atoms with Crippen LogP contribution in [0.2, 0.25) is 0 Å². The lowest BCUT2D eigenvalue weighted by Gasteiger charge is -2.23. The highest BCUT2D eigenvalue weighted by Crippen LogP contribution is 2.29. The first-order valence-electron chi connectivity index (χ1n) is 10.3. The third kappa shape index (κ3) is 5.52. The van der Waals surface area contributed by atoms with E-state index in [1.54, 1.807) is 4.90 Å². The second-order valence-electron chi connectivity index (χ2n) is 8.00. The van der Waals surface area contributed by atoms with Gasteiger partial charge in [0.15, 0.2) is 10.9 Å². The molecule has 1 aliphatic rings. The number of amides is 1. The molecule has 6 heteroatoms. The molecule has 1 atom stereocenters. The van der Waals surface area contributed by atoms with Gasteiger partial charge < -0.3 is 4.74 Å². The van der Waals surface area contributed by atoms with Crippen molar-refractivity contribution < 1.29 is 14.3 Å². The van der Waals surface area contributed by atoms with E-state index in [9.17, 15) is 9.59 Å². The summed E-state index contributed by atoms with van der Waals surface area (Å²) in [5.74, 6) is 0.509. The number of nitrogens with zero attached hydrogens (tertiary/aromatic N) is 2. The maximum atomic E-state index is 13.1. The zero-order valence-electron chi connectivity index (χ0n) is 17.7. The average Bonchev–Trinajstić information content (AvgIpc) is 3.34. The highest BCUT2D eigenvalue weighted by Gasteiger charge is 2.27. The van der Waals surface area contributed by atoms with Crippen LogP contribution in [-0.4, -0.2) is 35.9 Å². The van der Waals surface area contributed by atoms with Crippen LogP contribution in [0.15, 0.2) is 24.3 Å². The molecule has 1 fully saturated rings. The molecular formula is C23H30N2O3S. The lowest BCUT2D eigenvalue weighted by molar-refractivity contribution is -0.119. The zero-order chi connectivity index (χ0) is 21.0. The molecule has 1 unspecified atom stereocenters. The highest BCUT2D eigenvalue weighted by molar-refractivity contribution is 7.17. The Balaban J connectivity index is 1.73. The molecule has 3 rings (SSSR count). The van der Waals surface area contributed by atoms with Crippen LogP contribution >= 0.6 is 11.3 Å². The van der Waals surface area contributed by atoms with Crippen molar-refractivity contribution in [2.24, 2.45) is 0 Å². The van der Waals surface area contributed by atoms with E-state index < -0.39 is 0 Å². The van der Waals surface area contributed by atoms with Crippen molar-refractivity contribution in [1.82, 2.24) is 4.98 Å². The molecule has 1 amide bonds. The average molecular weight is 415 g/mol. The Morgan fingerprint density at radius 3 is 2.55 bits per heavy atom. The van der Waals surface area contributed by atoms with Gasteiger partial charge in [-0.2, -0.15) is 0 Å². The smallest absolute Gasteiger partial charge is 0.229 e. The number of rotatable bonds is 8. The molecular weight excluding hydrogens is 384 g/mol. The number of aryl methyl sites for hydroxylation is 2. The second-order valence-corrected chi connectivity index (χ2v) is 8.98. The van der Waals surface area contributed by atoms with Gasteiger partial charge >= 0.3 is 0 Å². The number of thiazole rings is 1. The summed E-state index contributed by atoms with van der Waals surface area (Å²) < 4.78 is 5.75. The highest BCUT2D eigenvalue weighted by atomic mass is 32.1. The summed E-state index contributed by atoms with van der Waals surface area (Å²) >= 11 is 1.30. The van der Waals surface area contributed by atoms with E-state index >= 15 is 0 Å². The Bertz CT molecular complexity index is 852. The van der Waals surface area contributed by atoms with E-state index in [2.05, 4.69) is 43.1 Å². The minimum atomic E-state index is -0.0130. The molecule has 29 heavy (non-hydrogen) atoms. The fourth-order valence-electron chi connectivity index (χ4n) is 3.56. The topological polar surface area (TPSA) is 59.5 Å². The minimum absolute atomic E-state index is 0.0130. The number of carbonyl (C=O) groups is 2. The van der Waals surface area contributed by atoms with Crippen molar-refractivity contribution in [1.29, 1.82) is 0 Å². The van der Waals surface area contributed by atoms with Crippen LogP contribution in [0.3, 0.4) is 0 Å². The first-order chi connectivity index (χ1) is 13.8. The van der Waals surface area contributed by atoms with Gasteiger partial charge in [-0.25, -0.2) is 4.98 Å². The maximum Gasteiger partial charge on any atom is 0.229 e. The first-order valence-corrected chi connectivity index (χ1v) is 11.2. The molecule has 1 aromatic heterocycles. The second kappa shape index (κ2) is 9.63. The molecule has 1 saturated heterocycles. The van der Waals surface area contributed by atoms with Crippen molar-refractivity contribution in [3.05, 3.63) is 46.0 Å². The van der Waals surface area contributed by atoms with Gasteiger partial charge in [-0.1, -0.05) is 49.4 Å². The van der Waals surface area contributed by atoms with Gasteiger partial charge in [-0.05, 0) is 43.2 Å². The summed E-state index contributed by atoms with van der Waals surface area (Å²) in [7, 11) is 0. The molecule has 1 aromatic carbocycles. The van der Waals surface area contributed by atoms with Gasteiger partial charge in [0.2, 0.25) is 5.91 Å². The van der Waals surface area contributed by atoms with Crippen LogP contribution in [0.5, 0.6) is 0 Å². The number of ketones is 1. The van der Waals surface area contributed by atoms with Gasteiger partial charge in [-0.3, -0.25) is 14.5 Å². The van der Waals surface area contributed by atoms with Gasteiger partial charge in [0.25, 0.3) is 0 Å². The number of benzene rings is 1. The Kier molecular flexibility index (Phi) is 7.19. The molecule has 2 heterocycles. The molecule has 0 aliphatic carbocycles. The lowest BCUT2D eigenvalue weighted by atomic mass is 10.0. The number of anilines is 1. The van der Waals surface area contributed by atoms with Crippen molar-refractivity contribution in [3.63, 3.8) is 0 Å². The lowest BCUT2D eigenvalue weighted by Crippen LogP contribution is -2.37. The SMILES string of the molecule is CC(=O)c1sc(N(CC2CCCO2)C(=O)CCc2ccc(C(C)C)cc2)nc1C. The van der Waals surface area contributed by atoms with Crippen LogP contribution in [0.4, 0.5) is 5.13 Å². The first kappa shape index (κ1) is 21.7. The number of aromatic nitrogens is 1. The maximum absolute atomic E-state index is 13.1. The summed E-state index contributed by atoms with van der Waals surface area (Å²) in [5.41, 5.74) is 3.14. The molecule has 0 saturated carbocycles. The predicted molar refractivity (Wildman–Crippen MR) is 117 cm³/mol. The van der Waals surface area contributed by atoms with E-state index in [4.69, 9.17) is 4.74 Å². The van der Waals surface area contributed by atoms with Crippen LogP contribution in [0.1, 0.15) is 72.4 Å². The van der Waals surface area contributed by atoms with Crippen molar-refractivity contribution in [2.75, 3.05) is 18.1 Å². The predicted octanol–water partition coefficient (Wildman–Crippen LogP) is 4.92. The third-order valence-corrected chi connectivity index (χ3v) is 6.60. The van der Waals surface area contributed by atoms with Crippen molar-refractivity contribution >= 4 is 28.2 Å². The third-order valence-electron chi connectivity index (χ3n) is 5.32. The Labute approximate surface area is 177 Å². The van der Waals surface area contributed by atoms with E-state index in [1.807, 2.05) is 6.92 Å². The van der Waals surface area contributed by atoms with E-state index in [0.29, 0.717) is 41.0 Å². The molecule has 1 aliphatic heterocycles. The largest absolute Gasteiger partial charge is 0.376 e. The van der Waals surface area contributed by atoms with Crippen molar-refractivity contribution in [2.45, 2.75) is 65.4 Å². The summed E-state index contributed by atoms with van der Waals surface area (Å²) in [4.78, 5) is 31.8. The van der Waals surface area contributed by atoms with Gasteiger partial charge in [0, 0.05) is 20.0 Å². The Hall–Kier alpha value is -2.05. The molecule has 156 valence electrons. The molecule has 2 aromatic rings. The summed E-state index contributed by atoms with van der Waals surface area (Å²) in [6.07, 6.45) is 3.09.